The topological polar surface area (TPSA) is 102 Å². The number of halogens is 1. The summed E-state index contributed by atoms with van der Waals surface area (Å²) in [5.41, 5.74) is 2.66. The molecule has 0 aliphatic carbocycles. The van der Waals surface area contributed by atoms with E-state index in [2.05, 4.69) is 45.0 Å². The van der Waals surface area contributed by atoms with Crippen molar-refractivity contribution in [3.8, 4) is 11.5 Å². The van der Waals surface area contributed by atoms with Crippen molar-refractivity contribution in [2.75, 3.05) is 11.9 Å². The molecular weight excluding hydrogens is 430 g/mol. The fourth-order valence-electron chi connectivity index (χ4n) is 3.39. The van der Waals surface area contributed by atoms with E-state index >= 15 is 0 Å². The monoisotopic (exact) mass is 453 g/mol. The van der Waals surface area contributed by atoms with Crippen LogP contribution in [0.4, 0.5) is 5.69 Å². The Balaban J connectivity index is 1.43. The molecule has 0 spiro atoms. The number of H-pyrrole nitrogens is 1. The highest BCUT2D eigenvalue weighted by Gasteiger charge is 2.29. The Morgan fingerprint density at radius 1 is 1.28 bits per heavy atom. The van der Waals surface area contributed by atoms with Crippen molar-refractivity contribution in [2.24, 2.45) is 0 Å². The molecular formula is C23H24ClN5O3. The van der Waals surface area contributed by atoms with Gasteiger partial charge < -0.3 is 14.8 Å². The van der Waals surface area contributed by atoms with E-state index in [0.29, 0.717) is 28.0 Å². The molecule has 1 amide bonds. The molecule has 1 aliphatic heterocycles. The van der Waals surface area contributed by atoms with Gasteiger partial charge in [-0.25, -0.2) is 0 Å². The molecule has 0 fully saturated rings. The summed E-state index contributed by atoms with van der Waals surface area (Å²) < 4.78 is 11.7. The third-order valence-corrected chi connectivity index (χ3v) is 5.27. The predicted molar refractivity (Wildman–Crippen MR) is 122 cm³/mol. The number of hydrogen-bond donors (Lipinski definition) is 2. The molecule has 1 aliphatic rings. The Morgan fingerprint density at radius 2 is 2.12 bits per heavy atom. The molecule has 166 valence electrons. The van der Waals surface area contributed by atoms with Gasteiger partial charge in [0.05, 0.1) is 5.69 Å². The lowest BCUT2D eigenvalue weighted by atomic mass is 10.1. The molecule has 1 atom stereocenters. The van der Waals surface area contributed by atoms with Gasteiger partial charge >= 0.3 is 0 Å². The molecule has 0 saturated heterocycles. The van der Waals surface area contributed by atoms with Gasteiger partial charge in [-0.05, 0) is 36.1 Å². The third kappa shape index (κ3) is 5.45. The first-order chi connectivity index (χ1) is 15.6. The van der Waals surface area contributed by atoms with Crippen LogP contribution in [0, 0.1) is 0 Å². The lowest BCUT2D eigenvalue weighted by molar-refractivity contribution is -0.111. The van der Waals surface area contributed by atoms with E-state index in [-0.39, 0.29) is 12.5 Å². The zero-order valence-electron chi connectivity index (χ0n) is 17.7. The first kappa shape index (κ1) is 21.8. The van der Waals surface area contributed by atoms with Gasteiger partial charge in [0.1, 0.15) is 6.61 Å². The van der Waals surface area contributed by atoms with Crippen molar-refractivity contribution in [3.05, 3.63) is 64.4 Å². The van der Waals surface area contributed by atoms with Crippen LogP contribution in [-0.2, 0) is 11.2 Å². The first-order valence-electron chi connectivity index (χ1n) is 10.6. The van der Waals surface area contributed by atoms with Crippen molar-refractivity contribution in [2.45, 2.75) is 38.7 Å². The fourth-order valence-corrected chi connectivity index (χ4v) is 3.59. The summed E-state index contributed by atoms with van der Waals surface area (Å²) in [6.45, 7) is 2.40. The number of fused-ring (bicyclic) bond motifs is 1. The maximum Gasteiger partial charge on any atom is 0.248 e. The predicted octanol–water partition coefficient (Wildman–Crippen LogP) is 4.75. The number of unbranched alkanes of at least 4 members (excludes halogenated alkanes) is 2. The molecule has 1 unspecified atom stereocenters. The van der Waals surface area contributed by atoms with Crippen molar-refractivity contribution in [3.63, 3.8) is 0 Å². The largest absolute Gasteiger partial charge is 0.485 e. The number of anilines is 1. The Labute approximate surface area is 191 Å². The van der Waals surface area contributed by atoms with Crippen LogP contribution in [0.3, 0.4) is 0 Å². The second-order valence-corrected chi connectivity index (χ2v) is 7.93. The molecule has 2 heterocycles. The summed E-state index contributed by atoms with van der Waals surface area (Å²) in [5, 5.41) is 17.0. The average Bonchev–Trinajstić information content (AvgIpc) is 3.33. The second-order valence-electron chi connectivity index (χ2n) is 7.49. The van der Waals surface area contributed by atoms with Crippen molar-refractivity contribution < 1.29 is 14.3 Å². The normalized spacial score (nSPS) is 15.1. The van der Waals surface area contributed by atoms with Crippen LogP contribution in [-0.4, -0.2) is 33.1 Å². The molecule has 8 nitrogen and oxygen atoms in total. The smallest absolute Gasteiger partial charge is 0.248 e. The number of nitrogens with one attached hydrogen (secondary N) is 2. The lowest BCUT2D eigenvalue weighted by Crippen LogP contribution is -2.24. The highest BCUT2D eigenvalue weighted by atomic mass is 35.5. The van der Waals surface area contributed by atoms with E-state index in [1.165, 1.54) is 30.9 Å². The number of rotatable bonds is 8. The summed E-state index contributed by atoms with van der Waals surface area (Å²) in [6, 6.07) is 11.5. The zero-order chi connectivity index (χ0) is 22.3. The number of nitrogens with zero attached hydrogens (tertiary/aromatic N) is 3. The van der Waals surface area contributed by atoms with E-state index in [0.717, 1.165) is 12.0 Å². The summed E-state index contributed by atoms with van der Waals surface area (Å²) in [4.78, 5) is 12.6. The molecule has 0 radical (unpaired) electrons. The number of tetrazole rings is 1. The maximum absolute atomic E-state index is 12.6. The average molecular weight is 454 g/mol. The second kappa shape index (κ2) is 10.3. The minimum Gasteiger partial charge on any atom is -0.485 e. The van der Waals surface area contributed by atoms with E-state index in [1.54, 1.807) is 18.2 Å². The van der Waals surface area contributed by atoms with Crippen LogP contribution in [0.2, 0.25) is 5.02 Å². The number of aryl methyl sites for hydroxylation is 1. The quantitative estimate of drug-likeness (QED) is 0.377. The number of aromatic nitrogens is 4. The van der Waals surface area contributed by atoms with Crippen LogP contribution in [0.5, 0.6) is 11.5 Å². The van der Waals surface area contributed by atoms with Crippen molar-refractivity contribution in [1.29, 1.82) is 0 Å². The molecule has 0 saturated carbocycles. The number of hydrogen-bond acceptors (Lipinski definition) is 6. The van der Waals surface area contributed by atoms with Gasteiger partial charge in [-0.3, -0.25) is 4.79 Å². The number of carbonyl (C=O) groups is 1. The van der Waals surface area contributed by atoms with E-state index < -0.39 is 6.10 Å². The van der Waals surface area contributed by atoms with E-state index in [9.17, 15) is 4.79 Å². The molecule has 1 aromatic heterocycles. The molecule has 2 aromatic carbocycles. The van der Waals surface area contributed by atoms with Crippen molar-refractivity contribution >= 4 is 29.3 Å². The zero-order valence-corrected chi connectivity index (χ0v) is 18.4. The van der Waals surface area contributed by atoms with Crippen molar-refractivity contribution in [1.82, 2.24) is 20.6 Å². The minimum atomic E-state index is -0.551. The van der Waals surface area contributed by atoms with Gasteiger partial charge in [-0.1, -0.05) is 60.8 Å². The van der Waals surface area contributed by atoms with Gasteiger partial charge in [0, 0.05) is 17.2 Å². The number of amides is 1. The molecule has 2 N–H and O–H groups in total. The Morgan fingerprint density at radius 3 is 2.88 bits per heavy atom. The summed E-state index contributed by atoms with van der Waals surface area (Å²) in [7, 11) is 0. The maximum atomic E-state index is 12.6. The highest BCUT2D eigenvalue weighted by molar-refractivity contribution is 6.31. The van der Waals surface area contributed by atoms with Gasteiger partial charge in [0.15, 0.2) is 17.6 Å². The van der Waals surface area contributed by atoms with Gasteiger partial charge in [0.25, 0.3) is 0 Å². The number of carbonyl (C=O) groups excluding carboxylic acids is 1. The van der Waals surface area contributed by atoms with Crippen LogP contribution >= 0.6 is 11.6 Å². The SMILES string of the molecule is CCCCCc1ccc(C=CC(=O)Nc2cc(Cl)cc3c2OC(c2nn[nH]n2)CO3)cc1. The molecule has 0 bridgehead atoms. The Hall–Kier alpha value is -3.39. The summed E-state index contributed by atoms with van der Waals surface area (Å²) in [6.07, 6.45) is 7.40. The van der Waals surface area contributed by atoms with Crippen LogP contribution in [0.25, 0.3) is 6.08 Å². The standard InChI is InChI=1S/C23H24ClN5O3/c1-2-3-4-5-15-6-8-16(9-7-15)10-11-21(30)25-18-12-17(24)13-19-22(18)32-20(14-31-19)23-26-28-29-27-23/h6-13,20H,2-5,14H2,1H3,(H,25,30)(H,26,27,28,29). The summed E-state index contributed by atoms with van der Waals surface area (Å²) >= 11 is 6.19. The fraction of sp³-hybridized carbons (Fsp3) is 0.304. The molecule has 4 rings (SSSR count). The third-order valence-electron chi connectivity index (χ3n) is 5.05. The molecule has 3 aromatic rings. The van der Waals surface area contributed by atoms with Gasteiger partial charge in [-0.2, -0.15) is 5.21 Å². The van der Waals surface area contributed by atoms with Crippen LogP contribution < -0.4 is 14.8 Å². The minimum absolute atomic E-state index is 0.203. The highest BCUT2D eigenvalue weighted by Crippen LogP contribution is 2.43. The van der Waals surface area contributed by atoms with Gasteiger partial charge in [-0.15, -0.1) is 10.2 Å². The number of ether oxygens (including phenoxy) is 2. The van der Waals surface area contributed by atoms with Crippen LogP contribution in [0.1, 0.15) is 49.2 Å². The lowest BCUT2D eigenvalue weighted by Gasteiger charge is -2.26. The molecule has 9 heteroatoms. The van der Waals surface area contributed by atoms with Gasteiger partial charge in [0.2, 0.25) is 11.7 Å². The number of aromatic amines is 1. The first-order valence-corrected chi connectivity index (χ1v) is 10.9. The Kier molecular flexibility index (Phi) is 7.01. The molecule has 32 heavy (non-hydrogen) atoms. The number of benzene rings is 2. The summed E-state index contributed by atoms with van der Waals surface area (Å²) in [5.74, 6) is 0.858. The van der Waals surface area contributed by atoms with E-state index in [1.807, 2.05) is 12.1 Å². The Bertz CT molecular complexity index is 1080. The van der Waals surface area contributed by atoms with Crippen LogP contribution in [0.15, 0.2) is 42.5 Å². The van der Waals surface area contributed by atoms with E-state index in [4.69, 9.17) is 21.1 Å².